The number of sulfonamides is 1. The minimum Gasteiger partial charge on any atom is -0.457 e. The molecule has 4 rings (SSSR count). The molecule has 2 aromatic carbocycles. The van der Waals surface area contributed by atoms with Crippen LogP contribution in [0.2, 0.25) is 5.15 Å². The number of carbonyl (C=O) groups is 1. The molecular formula is C22H22ClN3O5S. The third-order valence-corrected chi connectivity index (χ3v) is 7.43. The molecule has 0 radical (unpaired) electrons. The van der Waals surface area contributed by atoms with E-state index in [-0.39, 0.29) is 30.2 Å². The zero-order valence-corrected chi connectivity index (χ0v) is 19.0. The molecule has 0 N–H and O–H groups in total. The van der Waals surface area contributed by atoms with Crippen LogP contribution in [0.4, 0.5) is 0 Å². The van der Waals surface area contributed by atoms with E-state index < -0.39 is 16.0 Å². The van der Waals surface area contributed by atoms with Gasteiger partial charge in [-0.25, -0.2) is 17.9 Å². The molecule has 168 valence electrons. The Kier molecular flexibility index (Phi) is 6.61. The number of rotatable bonds is 6. The molecule has 2 heterocycles. The molecule has 0 unspecified atom stereocenters. The highest BCUT2D eigenvalue weighted by Gasteiger charge is 2.27. The van der Waals surface area contributed by atoms with Crippen molar-refractivity contribution < 1.29 is 22.7 Å². The normalized spacial score (nSPS) is 14.9. The molecule has 0 bridgehead atoms. The maximum absolute atomic E-state index is 12.9. The summed E-state index contributed by atoms with van der Waals surface area (Å²) in [4.78, 5) is 12.7. The van der Waals surface area contributed by atoms with Crippen LogP contribution < -0.4 is 0 Å². The van der Waals surface area contributed by atoms with Gasteiger partial charge in [-0.2, -0.15) is 9.40 Å². The molecule has 8 nitrogen and oxygen atoms in total. The van der Waals surface area contributed by atoms with E-state index >= 15 is 0 Å². The first kappa shape index (κ1) is 22.5. The van der Waals surface area contributed by atoms with E-state index in [1.165, 1.54) is 28.6 Å². The number of morpholine rings is 1. The summed E-state index contributed by atoms with van der Waals surface area (Å²) in [7, 11) is -3.71. The number of carbonyl (C=O) groups excluding carboxylic acids is 1. The Balaban J connectivity index is 1.50. The second-order valence-corrected chi connectivity index (χ2v) is 9.52. The van der Waals surface area contributed by atoms with Crippen molar-refractivity contribution in [3.8, 4) is 5.69 Å². The van der Waals surface area contributed by atoms with Gasteiger partial charge in [-0.3, -0.25) is 0 Å². The van der Waals surface area contributed by atoms with Crippen molar-refractivity contribution in [1.29, 1.82) is 0 Å². The topological polar surface area (TPSA) is 90.7 Å². The van der Waals surface area contributed by atoms with Crippen molar-refractivity contribution in [2.75, 3.05) is 26.3 Å². The molecule has 3 aromatic rings. The van der Waals surface area contributed by atoms with Gasteiger partial charge in [0.15, 0.2) is 0 Å². The Hall–Kier alpha value is -2.72. The Morgan fingerprint density at radius 1 is 1.12 bits per heavy atom. The smallest absolute Gasteiger partial charge is 0.338 e. The fourth-order valence-corrected chi connectivity index (χ4v) is 5.16. The van der Waals surface area contributed by atoms with E-state index in [0.717, 1.165) is 5.69 Å². The number of ether oxygens (including phenoxy) is 2. The van der Waals surface area contributed by atoms with Crippen LogP contribution in [-0.4, -0.2) is 54.8 Å². The lowest BCUT2D eigenvalue weighted by atomic mass is 10.2. The lowest BCUT2D eigenvalue weighted by molar-refractivity contribution is 0.0472. The summed E-state index contributed by atoms with van der Waals surface area (Å²) in [6.45, 7) is 2.94. The van der Waals surface area contributed by atoms with Crippen LogP contribution in [0.5, 0.6) is 0 Å². The van der Waals surface area contributed by atoms with Crippen LogP contribution >= 0.6 is 11.6 Å². The quantitative estimate of drug-likeness (QED) is 0.508. The van der Waals surface area contributed by atoms with E-state index in [9.17, 15) is 13.2 Å². The standard InChI is InChI=1S/C22H22ClN3O5S/c1-16-20(21(23)26(24-16)18-7-3-2-4-8-18)15-31-22(27)17-6-5-9-19(14-17)32(28,29)25-10-12-30-13-11-25/h2-9,14H,10-13,15H2,1H3. The van der Waals surface area contributed by atoms with Crippen molar-refractivity contribution >= 4 is 27.6 Å². The van der Waals surface area contributed by atoms with Crippen LogP contribution in [-0.2, 0) is 26.1 Å². The first-order valence-electron chi connectivity index (χ1n) is 10.0. The number of aromatic nitrogens is 2. The van der Waals surface area contributed by atoms with Gasteiger partial charge in [0.1, 0.15) is 11.8 Å². The van der Waals surface area contributed by atoms with E-state index in [4.69, 9.17) is 21.1 Å². The summed E-state index contributed by atoms with van der Waals surface area (Å²) in [6, 6.07) is 15.2. The minimum atomic E-state index is -3.71. The molecule has 10 heteroatoms. The zero-order chi connectivity index (χ0) is 22.7. The van der Waals surface area contributed by atoms with Crippen molar-refractivity contribution in [3.63, 3.8) is 0 Å². The Labute approximate surface area is 191 Å². The number of benzene rings is 2. The van der Waals surface area contributed by atoms with Crippen LogP contribution in [0.25, 0.3) is 5.69 Å². The van der Waals surface area contributed by atoms with Gasteiger partial charge in [-0.1, -0.05) is 35.9 Å². The van der Waals surface area contributed by atoms with E-state index in [1.54, 1.807) is 11.6 Å². The monoisotopic (exact) mass is 475 g/mol. The number of halogens is 1. The number of esters is 1. The SMILES string of the molecule is Cc1nn(-c2ccccc2)c(Cl)c1COC(=O)c1cccc(S(=O)(=O)N2CCOCC2)c1. The van der Waals surface area contributed by atoms with Gasteiger partial charge in [-0.05, 0) is 37.3 Å². The van der Waals surface area contributed by atoms with Crippen LogP contribution in [0.15, 0.2) is 59.5 Å². The minimum absolute atomic E-state index is 0.0416. The summed E-state index contributed by atoms with van der Waals surface area (Å²) in [5, 5.41) is 4.78. The molecule has 1 aliphatic rings. The number of hydrogen-bond acceptors (Lipinski definition) is 6. The fourth-order valence-electron chi connectivity index (χ4n) is 3.38. The molecule has 0 aliphatic carbocycles. The number of para-hydroxylation sites is 1. The van der Waals surface area contributed by atoms with Crippen LogP contribution in [0.3, 0.4) is 0 Å². The molecule has 1 aromatic heterocycles. The van der Waals surface area contributed by atoms with Crippen molar-refractivity contribution in [2.24, 2.45) is 0 Å². The third kappa shape index (κ3) is 4.56. The predicted octanol–water partition coefficient (Wildman–Crippen LogP) is 3.21. The summed E-state index contributed by atoms with van der Waals surface area (Å²) < 4.78 is 39.3. The predicted molar refractivity (Wildman–Crippen MR) is 118 cm³/mol. The van der Waals surface area contributed by atoms with Crippen molar-refractivity contribution in [2.45, 2.75) is 18.4 Å². The molecule has 0 amide bonds. The number of aryl methyl sites for hydroxylation is 1. The average molecular weight is 476 g/mol. The van der Waals surface area contributed by atoms with Crippen LogP contribution in [0.1, 0.15) is 21.6 Å². The van der Waals surface area contributed by atoms with Gasteiger partial charge in [0.05, 0.1) is 35.1 Å². The molecule has 1 saturated heterocycles. The Bertz CT molecular complexity index is 1220. The summed E-state index contributed by atoms with van der Waals surface area (Å²) in [5.41, 5.74) is 2.15. The largest absolute Gasteiger partial charge is 0.457 e. The second kappa shape index (κ2) is 9.41. The van der Waals surface area contributed by atoms with E-state index in [1.807, 2.05) is 30.3 Å². The van der Waals surface area contributed by atoms with E-state index in [0.29, 0.717) is 29.6 Å². The van der Waals surface area contributed by atoms with Gasteiger partial charge < -0.3 is 9.47 Å². The molecule has 32 heavy (non-hydrogen) atoms. The molecule has 0 saturated carbocycles. The first-order chi connectivity index (χ1) is 15.4. The average Bonchev–Trinajstić information content (AvgIpc) is 3.11. The van der Waals surface area contributed by atoms with Gasteiger partial charge >= 0.3 is 5.97 Å². The fraction of sp³-hybridized carbons (Fsp3) is 0.273. The maximum Gasteiger partial charge on any atom is 0.338 e. The van der Waals surface area contributed by atoms with Crippen LogP contribution in [0, 0.1) is 6.92 Å². The third-order valence-electron chi connectivity index (χ3n) is 5.15. The highest BCUT2D eigenvalue weighted by molar-refractivity contribution is 7.89. The summed E-state index contributed by atoms with van der Waals surface area (Å²) >= 11 is 6.48. The molecule has 0 atom stereocenters. The van der Waals surface area contributed by atoms with E-state index in [2.05, 4.69) is 5.10 Å². The van der Waals surface area contributed by atoms with Crippen molar-refractivity contribution in [3.05, 3.63) is 76.6 Å². The lowest BCUT2D eigenvalue weighted by Gasteiger charge is -2.26. The highest BCUT2D eigenvalue weighted by atomic mass is 35.5. The molecule has 1 fully saturated rings. The second-order valence-electron chi connectivity index (χ2n) is 7.22. The molecule has 0 spiro atoms. The maximum atomic E-state index is 12.9. The summed E-state index contributed by atoms with van der Waals surface area (Å²) in [6.07, 6.45) is 0. The zero-order valence-electron chi connectivity index (χ0n) is 17.4. The lowest BCUT2D eigenvalue weighted by Crippen LogP contribution is -2.40. The van der Waals surface area contributed by atoms with Gasteiger partial charge in [0.25, 0.3) is 0 Å². The molecule has 1 aliphatic heterocycles. The number of hydrogen-bond donors (Lipinski definition) is 0. The first-order valence-corrected chi connectivity index (χ1v) is 11.8. The van der Waals surface area contributed by atoms with Gasteiger partial charge in [0, 0.05) is 18.7 Å². The van der Waals surface area contributed by atoms with Crippen molar-refractivity contribution in [1.82, 2.24) is 14.1 Å². The molecular weight excluding hydrogens is 454 g/mol. The Morgan fingerprint density at radius 2 is 1.84 bits per heavy atom. The van der Waals surface area contributed by atoms with Gasteiger partial charge in [0.2, 0.25) is 10.0 Å². The number of nitrogens with zero attached hydrogens (tertiary/aromatic N) is 3. The summed E-state index contributed by atoms with van der Waals surface area (Å²) in [5.74, 6) is -0.646. The van der Waals surface area contributed by atoms with Gasteiger partial charge in [-0.15, -0.1) is 0 Å². The Morgan fingerprint density at radius 3 is 2.56 bits per heavy atom. The highest BCUT2D eigenvalue weighted by Crippen LogP contribution is 2.25.